The standard InChI is InChI=1S/C19H20Cl2FN5O2/c1-3-27-19(24-25-26-27)23-10-12-8-17(28-4-2)18(9-15(12)21)29-11-13-14(20)6-5-7-16(13)22/h5-9H,3-4,10-11H2,1-2H3,(H,23,24,26). The van der Waals surface area contributed by atoms with E-state index in [9.17, 15) is 4.39 Å². The van der Waals surface area contributed by atoms with Crippen LogP contribution in [0.15, 0.2) is 30.3 Å². The molecule has 1 aromatic heterocycles. The van der Waals surface area contributed by atoms with Crippen LogP contribution >= 0.6 is 23.2 Å². The summed E-state index contributed by atoms with van der Waals surface area (Å²) >= 11 is 12.5. The number of nitrogens with zero attached hydrogens (tertiary/aromatic N) is 4. The lowest BCUT2D eigenvalue weighted by Gasteiger charge is -2.16. The van der Waals surface area contributed by atoms with Crippen molar-refractivity contribution in [3.8, 4) is 11.5 Å². The predicted octanol–water partition coefficient (Wildman–Crippen LogP) is 4.73. The quantitative estimate of drug-likeness (QED) is 0.519. The van der Waals surface area contributed by atoms with Gasteiger partial charge in [0.2, 0.25) is 5.95 Å². The van der Waals surface area contributed by atoms with Gasteiger partial charge in [-0.2, -0.15) is 0 Å². The van der Waals surface area contributed by atoms with Crippen molar-refractivity contribution in [1.82, 2.24) is 20.2 Å². The van der Waals surface area contributed by atoms with Crippen LogP contribution in [0.5, 0.6) is 11.5 Å². The zero-order valence-electron chi connectivity index (χ0n) is 16.0. The van der Waals surface area contributed by atoms with Crippen molar-refractivity contribution < 1.29 is 13.9 Å². The minimum absolute atomic E-state index is 0.0508. The lowest BCUT2D eigenvalue weighted by atomic mass is 10.2. The van der Waals surface area contributed by atoms with Gasteiger partial charge in [-0.05, 0) is 48.0 Å². The third-order valence-corrected chi connectivity index (χ3v) is 4.82. The molecule has 0 spiro atoms. The third-order valence-electron chi connectivity index (χ3n) is 4.11. The molecule has 0 bridgehead atoms. The van der Waals surface area contributed by atoms with Crippen LogP contribution in [0.2, 0.25) is 10.0 Å². The van der Waals surface area contributed by atoms with Crippen molar-refractivity contribution >= 4 is 29.2 Å². The van der Waals surface area contributed by atoms with E-state index in [-0.39, 0.29) is 12.2 Å². The number of hydrogen-bond donors (Lipinski definition) is 1. The molecule has 1 N–H and O–H groups in total. The van der Waals surface area contributed by atoms with Gasteiger partial charge >= 0.3 is 0 Å². The predicted molar refractivity (Wildman–Crippen MR) is 109 cm³/mol. The number of ether oxygens (including phenoxy) is 2. The summed E-state index contributed by atoms with van der Waals surface area (Å²) in [6.07, 6.45) is 0. The molecule has 154 valence electrons. The number of tetrazole rings is 1. The van der Waals surface area contributed by atoms with Crippen LogP contribution < -0.4 is 14.8 Å². The van der Waals surface area contributed by atoms with Gasteiger partial charge < -0.3 is 14.8 Å². The molecule has 0 saturated carbocycles. The van der Waals surface area contributed by atoms with E-state index in [1.54, 1.807) is 28.9 Å². The lowest BCUT2D eigenvalue weighted by Crippen LogP contribution is -2.09. The first-order valence-corrected chi connectivity index (χ1v) is 9.80. The molecular weight excluding hydrogens is 420 g/mol. The number of benzene rings is 2. The zero-order chi connectivity index (χ0) is 20.8. The summed E-state index contributed by atoms with van der Waals surface area (Å²) in [4.78, 5) is 0. The van der Waals surface area contributed by atoms with Gasteiger partial charge in [0.1, 0.15) is 12.4 Å². The van der Waals surface area contributed by atoms with Crippen LogP contribution in [0.4, 0.5) is 10.3 Å². The summed E-state index contributed by atoms with van der Waals surface area (Å²) in [5.41, 5.74) is 1.04. The Labute approximate surface area is 177 Å². The van der Waals surface area contributed by atoms with Crippen LogP contribution in [0.25, 0.3) is 0 Å². The summed E-state index contributed by atoms with van der Waals surface area (Å²) in [6.45, 7) is 5.20. The first kappa shape index (κ1) is 21.1. The van der Waals surface area contributed by atoms with E-state index < -0.39 is 5.82 Å². The molecule has 0 fully saturated rings. The van der Waals surface area contributed by atoms with E-state index in [0.717, 1.165) is 5.56 Å². The van der Waals surface area contributed by atoms with Crippen LogP contribution in [-0.4, -0.2) is 26.8 Å². The largest absolute Gasteiger partial charge is 0.490 e. The smallest absolute Gasteiger partial charge is 0.243 e. The molecule has 1 heterocycles. The molecule has 29 heavy (non-hydrogen) atoms. The number of rotatable bonds is 9. The Balaban J connectivity index is 1.78. The Bertz CT molecular complexity index is 963. The maximum atomic E-state index is 14.0. The van der Waals surface area contributed by atoms with Crippen molar-refractivity contribution in [2.75, 3.05) is 11.9 Å². The van der Waals surface area contributed by atoms with E-state index >= 15 is 0 Å². The van der Waals surface area contributed by atoms with E-state index in [1.165, 1.54) is 6.07 Å². The maximum Gasteiger partial charge on any atom is 0.243 e. The van der Waals surface area contributed by atoms with Gasteiger partial charge in [0, 0.05) is 29.7 Å². The third kappa shape index (κ3) is 5.07. The Morgan fingerprint density at radius 1 is 1.10 bits per heavy atom. The minimum Gasteiger partial charge on any atom is -0.490 e. The van der Waals surface area contributed by atoms with Crippen molar-refractivity contribution in [1.29, 1.82) is 0 Å². The first-order chi connectivity index (χ1) is 14.0. The fourth-order valence-electron chi connectivity index (χ4n) is 2.63. The SMILES string of the molecule is CCOc1cc(CNc2nnnn2CC)c(Cl)cc1OCc1c(F)cccc1Cl. The monoisotopic (exact) mass is 439 g/mol. The highest BCUT2D eigenvalue weighted by molar-refractivity contribution is 6.31. The van der Waals surface area contributed by atoms with E-state index in [0.29, 0.717) is 47.2 Å². The van der Waals surface area contributed by atoms with Gasteiger partial charge in [-0.3, -0.25) is 0 Å². The van der Waals surface area contributed by atoms with Gasteiger partial charge in [-0.25, -0.2) is 9.07 Å². The van der Waals surface area contributed by atoms with Crippen molar-refractivity contribution in [2.45, 2.75) is 33.5 Å². The molecule has 10 heteroatoms. The second-order valence-electron chi connectivity index (χ2n) is 5.98. The molecule has 0 radical (unpaired) electrons. The van der Waals surface area contributed by atoms with Crippen LogP contribution in [0.1, 0.15) is 25.0 Å². The van der Waals surface area contributed by atoms with Gasteiger partial charge in [0.25, 0.3) is 0 Å². The number of aromatic nitrogens is 4. The highest BCUT2D eigenvalue weighted by atomic mass is 35.5. The fraction of sp³-hybridized carbons (Fsp3) is 0.316. The molecule has 3 aromatic rings. The van der Waals surface area contributed by atoms with Gasteiger partial charge in [0.15, 0.2) is 11.5 Å². The Morgan fingerprint density at radius 3 is 2.62 bits per heavy atom. The molecule has 0 amide bonds. The number of anilines is 1. The van der Waals surface area contributed by atoms with Crippen molar-refractivity contribution in [2.24, 2.45) is 0 Å². The topological polar surface area (TPSA) is 74.1 Å². The molecule has 0 saturated heterocycles. The van der Waals surface area contributed by atoms with Crippen LogP contribution in [-0.2, 0) is 19.7 Å². The van der Waals surface area contributed by atoms with Gasteiger partial charge in [-0.15, -0.1) is 0 Å². The average Bonchev–Trinajstić information content (AvgIpc) is 3.16. The molecule has 0 unspecified atom stereocenters. The molecule has 0 aliphatic carbocycles. The van der Waals surface area contributed by atoms with E-state index in [4.69, 9.17) is 32.7 Å². The summed E-state index contributed by atoms with van der Waals surface area (Å²) in [5, 5.41) is 15.3. The number of hydrogen-bond acceptors (Lipinski definition) is 6. The Kier molecular flexibility index (Phi) is 7.11. The zero-order valence-corrected chi connectivity index (χ0v) is 17.5. The van der Waals surface area contributed by atoms with Crippen molar-refractivity contribution in [3.63, 3.8) is 0 Å². The van der Waals surface area contributed by atoms with Crippen molar-refractivity contribution in [3.05, 3.63) is 57.3 Å². The number of nitrogens with one attached hydrogen (secondary N) is 1. The fourth-order valence-corrected chi connectivity index (χ4v) is 3.07. The molecule has 0 aliphatic rings. The second kappa shape index (κ2) is 9.76. The van der Waals surface area contributed by atoms with E-state index in [2.05, 4.69) is 20.8 Å². The summed E-state index contributed by atoms with van der Waals surface area (Å²) in [5.74, 6) is 1.00. The van der Waals surface area contributed by atoms with Crippen LogP contribution in [0, 0.1) is 5.82 Å². The van der Waals surface area contributed by atoms with Gasteiger partial charge in [0.05, 0.1) is 11.6 Å². The molecule has 7 nitrogen and oxygen atoms in total. The second-order valence-corrected chi connectivity index (χ2v) is 6.80. The minimum atomic E-state index is -0.434. The highest BCUT2D eigenvalue weighted by Crippen LogP contribution is 2.35. The number of halogens is 3. The molecular formula is C19H20Cl2FN5O2. The molecule has 0 aliphatic heterocycles. The van der Waals surface area contributed by atoms with Gasteiger partial charge in [-0.1, -0.05) is 34.4 Å². The van der Waals surface area contributed by atoms with E-state index in [1.807, 2.05) is 13.8 Å². The summed E-state index contributed by atoms with van der Waals surface area (Å²) < 4.78 is 27.1. The van der Waals surface area contributed by atoms with Crippen LogP contribution in [0.3, 0.4) is 0 Å². The molecule has 0 atom stereocenters. The average molecular weight is 440 g/mol. The molecule has 2 aromatic carbocycles. The summed E-state index contributed by atoms with van der Waals surface area (Å²) in [7, 11) is 0. The first-order valence-electron chi connectivity index (χ1n) is 9.04. The lowest BCUT2D eigenvalue weighted by molar-refractivity contribution is 0.265. The highest BCUT2D eigenvalue weighted by Gasteiger charge is 2.14. The maximum absolute atomic E-state index is 14.0. The normalized spacial score (nSPS) is 10.8. The Morgan fingerprint density at radius 2 is 1.90 bits per heavy atom. The Hall–Kier alpha value is -2.58. The molecule has 3 rings (SSSR count). The number of aryl methyl sites for hydroxylation is 1. The summed E-state index contributed by atoms with van der Waals surface area (Å²) in [6, 6.07) is 7.90.